The lowest BCUT2D eigenvalue weighted by Crippen LogP contribution is -2.35. The van der Waals surface area contributed by atoms with E-state index in [9.17, 15) is 8.42 Å². The molecule has 0 unspecified atom stereocenters. The molecule has 3 rings (SSSR count). The third-order valence-corrected chi connectivity index (χ3v) is 5.93. The van der Waals surface area contributed by atoms with Crippen LogP contribution in [0.3, 0.4) is 0 Å². The maximum absolute atomic E-state index is 12.3. The number of aromatic nitrogens is 2. The number of benzene rings is 1. The van der Waals surface area contributed by atoms with Crippen LogP contribution in [-0.4, -0.2) is 37.0 Å². The molecular weight excluding hydrogens is 324 g/mol. The van der Waals surface area contributed by atoms with Crippen molar-refractivity contribution >= 4 is 10.0 Å². The minimum Gasteiger partial charge on any atom is -0.317 e. The summed E-state index contributed by atoms with van der Waals surface area (Å²) in [6, 6.07) is 11.8. The summed E-state index contributed by atoms with van der Waals surface area (Å²) in [5.74, 6) is 0.452. The standard InChI is InChI=1S/C17H24N4O2S/c1-21-16(11-17(20-21)15-5-3-2-4-6-15)12-19-24(22,23)13-14-7-9-18-10-8-14/h2-6,11,14,18-19H,7-10,12-13H2,1H3. The summed E-state index contributed by atoms with van der Waals surface area (Å²) in [6.45, 7) is 2.08. The van der Waals surface area contributed by atoms with Crippen LogP contribution in [0, 0.1) is 5.92 Å². The number of nitrogens with one attached hydrogen (secondary N) is 2. The maximum atomic E-state index is 12.3. The molecular formula is C17H24N4O2S. The normalized spacial score (nSPS) is 16.4. The molecule has 0 radical (unpaired) electrons. The average Bonchev–Trinajstić information content (AvgIpc) is 2.95. The van der Waals surface area contributed by atoms with Gasteiger partial charge in [-0.05, 0) is 37.9 Å². The third-order valence-electron chi connectivity index (χ3n) is 4.43. The van der Waals surface area contributed by atoms with Crippen LogP contribution >= 0.6 is 0 Å². The summed E-state index contributed by atoms with van der Waals surface area (Å²) in [5.41, 5.74) is 2.73. The highest BCUT2D eigenvalue weighted by Crippen LogP contribution is 2.19. The summed E-state index contributed by atoms with van der Waals surface area (Å²) in [6.07, 6.45) is 1.84. The molecule has 0 atom stereocenters. The summed E-state index contributed by atoms with van der Waals surface area (Å²) < 4.78 is 29.0. The zero-order chi connectivity index (χ0) is 17.0. The first-order valence-electron chi connectivity index (χ1n) is 8.30. The highest BCUT2D eigenvalue weighted by molar-refractivity contribution is 7.89. The van der Waals surface area contributed by atoms with E-state index in [2.05, 4.69) is 15.1 Å². The molecule has 24 heavy (non-hydrogen) atoms. The summed E-state index contributed by atoms with van der Waals surface area (Å²) >= 11 is 0. The van der Waals surface area contributed by atoms with Crippen molar-refractivity contribution in [2.24, 2.45) is 13.0 Å². The predicted octanol–water partition coefficient (Wildman–Crippen LogP) is 1.51. The fourth-order valence-electron chi connectivity index (χ4n) is 3.02. The van der Waals surface area contributed by atoms with Gasteiger partial charge in [-0.25, -0.2) is 13.1 Å². The highest BCUT2D eigenvalue weighted by Gasteiger charge is 2.21. The summed E-state index contributed by atoms with van der Waals surface area (Å²) in [5, 5.41) is 7.73. The number of rotatable bonds is 6. The zero-order valence-corrected chi connectivity index (χ0v) is 14.7. The molecule has 1 aliphatic heterocycles. The Balaban J connectivity index is 1.63. The summed E-state index contributed by atoms with van der Waals surface area (Å²) in [4.78, 5) is 0. The number of hydrogen-bond acceptors (Lipinski definition) is 4. The van der Waals surface area contributed by atoms with E-state index in [0.717, 1.165) is 42.9 Å². The lowest BCUT2D eigenvalue weighted by molar-refractivity contribution is 0.400. The Bertz CT molecular complexity index is 765. The minimum atomic E-state index is -3.27. The van der Waals surface area contributed by atoms with E-state index in [4.69, 9.17) is 0 Å². The quantitative estimate of drug-likeness (QED) is 0.830. The fourth-order valence-corrected chi connectivity index (χ4v) is 4.46. The number of nitrogens with zero attached hydrogens (tertiary/aromatic N) is 2. The number of aryl methyl sites for hydroxylation is 1. The van der Waals surface area contributed by atoms with Crippen molar-refractivity contribution in [1.29, 1.82) is 0 Å². The Morgan fingerprint density at radius 2 is 1.96 bits per heavy atom. The van der Waals surface area contributed by atoms with Gasteiger partial charge in [0.05, 0.1) is 23.7 Å². The van der Waals surface area contributed by atoms with Crippen molar-refractivity contribution < 1.29 is 8.42 Å². The van der Waals surface area contributed by atoms with Gasteiger partial charge in [-0.2, -0.15) is 5.10 Å². The van der Waals surface area contributed by atoms with Gasteiger partial charge in [-0.3, -0.25) is 4.68 Å². The van der Waals surface area contributed by atoms with Crippen LogP contribution in [0.5, 0.6) is 0 Å². The third kappa shape index (κ3) is 4.43. The SMILES string of the molecule is Cn1nc(-c2ccccc2)cc1CNS(=O)(=O)CC1CCNCC1. The molecule has 2 aromatic rings. The van der Waals surface area contributed by atoms with Crippen LogP contribution < -0.4 is 10.0 Å². The van der Waals surface area contributed by atoms with Crippen molar-refractivity contribution in [3.63, 3.8) is 0 Å². The van der Waals surface area contributed by atoms with Crippen molar-refractivity contribution in [1.82, 2.24) is 19.8 Å². The molecule has 1 aromatic heterocycles. The van der Waals surface area contributed by atoms with Gasteiger partial charge in [0.15, 0.2) is 0 Å². The van der Waals surface area contributed by atoms with E-state index in [0.29, 0.717) is 0 Å². The van der Waals surface area contributed by atoms with Gasteiger partial charge in [0, 0.05) is 12.6 Å². The second-order valence-corrected chi connectivity index (χ2v) is 8.16. The first kappa shape index (κ1) is 17.1. The smallest absolute Gasteiger partial charge is 0.212 e. The largest absolute Gasteiger partial charge is 0.317 e. The second kappa shape index (κ2) is 7.46. The van der Waals surface area contributed by atoms with E-state index in [1.54, 1.807) is 4.68 Å². The Kier molecular flexibility index (Phi) is 5.33. The molecule has 0 bridgehead atoms. The van der Waals surface area contributed by atoms with E-state index in [-0.39, 0.29) is 18.2 Å². The molecule has 2 N–H and O–H groups in total. The lowest BCUT2D eigenvalue weighted by Gasteiger charge is -2.22. The molecule has 0 spiro atoms. The second-order valence-electron chi connectivity index (χ2n) is 6.31. The average molecular weight is 348 g/mol. The van der Waals surface area contributed by atoms with Crippen LogP contribution in [-0.2, 0) is 23.6 Å². The molecule has 0 saturated carbocycles. The van der Waals surface area contributed by atoms with Crippen LogP contribution in [0.1, 0.15) is 18.5 Å². The lowest BCUT2D eigenvalue weighted by atomic mass is 10.0. The number of sulfonamides is 1. The Morgan fingerprint density at radius 3 is 2.67 bits per heavy atom. The van der Waals surface area contributed by atoms with Crippen LogP contribution in [0.25, 0.3) is 11.3 Å². The molecule has 7 heteroatoms. The van der Waals surface area contributed by atoms with Crippen molar-refractivity contribution in [3.05, 3.63) is 42.1 Å². The van der Waals surface area contributed by atoms with Gasteiger partial charge in [-0.15, -0.1) is 0 Å². The first-order valence-corrected chi connectivity index (χ1v) is 9.95. The van der Waals surface area contributed by atoms with Crippen LogP contribution in [0.15, 0.2) is 36.4 Å². The molecule has 0 amide bonds. The molecule has 0 aliphatic carbocycles. The van der Waals surface area contributed by atoms with Crippen LogP contribution in [0.2, 0.25) is 0 Å². The maximum Gasteiger partial charge on any atom is 0.212 e. The van der Waals surface area contributed by atoms with Gasteiger partial charge in [0.25, 0.3) is 0 Å². The number of piperidine rings is 1. The van der Waals surface area contributed by atoms with Gasteiger partial charge in [0.2, 0.25) is 10.0 Å². The number of hydrogen-bond donors (Lipinski definition) is 2. The van der Waals surface area contributed by atoms with Gasteiger partial charge >= 0.3 is 0 Å². The van der Waals surface area contributed by atoms with Gasteiger partial charge < -0.3 is 5.32 Å². The molecule has 1 aliphatic rings. The van der Waals surface area contributed by atoms with Crippen molar-refractivity contribution in [3.8, 4) is 11.3 Å². The minimum absolute atomic E-state index is 0.206. The summed E-state index contributed by atoms with van der Waals surface area (Å²) in [7, 11) is -1.43. The Hall–Kier alpha value is -1.70. The molecule has 1 saturated heterocycles. The van der Waals surface area contributed by atoms with Crippen molar-refractivity contribution in [2.75, 3.05) is 18.8 Å². The Labute approximate surface area is 143 Å². The highest BCUT2D eigenvalue weighted by atomic mass is 32.2. The Morgan fingerprint density at radius 1 is 1.25 bits per heavy atom. The molecule has 6 nitrogen and oxygen atoms in total. The van der Waals surface area contributed by atoms with E-state index < -0.39 is 10.0 Å². The van der Waals surface area contributed by atoms with Gasteiger partial charge in [0.1, 0.15) is 0 Å². The van der Waals surface area contributed by atoms with E-state index in [1.165, 1.54) is 0 Å². The van der Waals surface area contributed by atoms with Crippen LogP contribution in [0.4, 0.5) is 0 Å². The zero-order valence-electron chi connectivity index (χ0n) is 13.9. The van der Waals surface area contributed by atoms with Crippen molar-refractivity contribution in [2.45, 2.75) is 19.4 Å². The molecule has 1 fully saturated rings. The monoisotopic (exact) mass is 348 g/mol. The molecule has 1 aromatic carbocycles. The fraction of sp³-hybridized carbons (Fsp3) is 0.471. The molecule has 130 valence electrons. The van der Waals surface area contributed by atoms with Gasteiger partial charge in [-0.1, -0.05) is 30.3 Å². The predicted molar refractivity (Wildman–Crippen MR) is 94.9 cm³/mol. The topological polar surface area (TPSA) is 76.0 Å². The first-order chi connectivity index (χ1) is 11.5. The van der Waals surface area contributed by atoms with E-state index in [1.807, 2.05) is 43.4 Å². The molecule has 2 heterocycles. The van der Waals surface area contributed by atoms with E-state index >= 15 is 0 Å².